The van der Waals surface area contributed by atoms with Crippen molar-refractivity contribution in [1.29, 1.82) is 5.26 Å². The minimum atomic E-state index is -4.13. The van der Waals surface area contributed by atoms with Gasteiger partial charge in [0.1, 0.15) is 11.2 Å². The van der Waals surface area contributed by atoms with Crippen molar-refractivity contribution in [2.45, 2.75) is 93.8 Å². The van der Waals surface area contributed by atoms with Gasteiger partial charge < -0.3 is 10.6 Å². The Morgan fingerprint density at radius 3 is 2.59 bits per heavy atom. The van der Waals surface area contributed by atoms with Crippen LogP contribution in [0, 0.1) is 11.3 Å². The van der Waals surface area contributed by atoms with Crippen LogP contribution < -0.4 is 10.5 Å². The number of benzene rings is 1. The molecule has 2 aromatic heterocycles. The van der Waals surface area contributed by atoms with Crippen LogP contribution in [-0.4, -0.2) is 62.9 Å². The van der Waals surface area contributed by atoms with Crippen molar-refractivity contribution in [3.63, 3.8) is 0 Å². The number of amides is 1. The molecular weight excluding hydrogens is 574 g/mol. The van der Waals surface area contributed by atoms with Gasteiger partial charge in [-0.3, -0.25) is 9.48 Å². The van der Waals surface area contributed by atoms with Crippen molar-refractivity contribution in [1.82, 2.24) is 29.6 Å². The molecule has 1 saturated carbocycles. The number of hydrogen-bond donors (Lipinski definition) is 2. The molecule has 1 aliphatic heterocycles. The van der Waals surface area contributed by atoms with Gasteiger partial charge in [-0.2, -0.15) is 15.1 Å². The summed E-state index contributed by atoms with van der Waals surface area (Å²) in [5.41, 5.74) is 6.32. The first kappa shape index (κ1) is 29.4. The Labute approximate surface area is 240 Å². The summed E-state index contributed by atoms with van der Waals surface area (Å²) < 4.78 is 57.8. The lowest BCUT2D eigenvalue weighted by Gasteiger charge is -2.32. The van der Waals surface area contributed by atoms with Crippen LogP contribution in [0.4, 0.5) is 8.78 Å². The average Bonchev–Trinajstić information content (AvgIpc) is 3.22. The Hall–Kier alpha value is -3.06. The number of nitriles is 1. The second-order valence-corrected chi connectivity index (χ2v) is 13.9. The highest BCUT2D eigenvalue weighted by molar-refractivity contribution is 7.89. The van der Waals surface area contributed by atoms with Gasteiger partial charge in [0.2, 0.25) is 15.9 Å². The van der Waals surface area contributed by atoms with Crippen molar-refractivity contribution in [2.24, 2.45) is 12.8 Å². The summed E-state index contributed by atoms with van der Waals surface area (Å²) in [4.78, 5) is 14.7. The predicted octanol–water partition coefficient (Wildman–Crippen LogP) is 3.58. The molecule has 15 heteroatoms. The summed E-state index contributed by atoms with van der Waals surface area (Å²) in [6.45, 7) is 5.62. The van der Waals surface area contributed by atoms with Gasteiger partial charge in [0.25, 0.3) is 6.43 Å². The molecule has 41 heavy (non-hydrogen) atoms. The van der Waals surface area contributed by atoms with Gasteiger partial charge in [-0.1, -0.05) is 18.3 Å². The number of halogens is 2. The van der Waals surface area contributed by atoms with Crippen molar-refractivity contribution >= 4 is 38.2 Å². The number of sulfonamides is 1. The lowest BCUT2D eigenvalue weighted by Crippen LogP contribution is -2.47. The molecule has 1 amide bonds. The number of nitrogens with two attached hydrogens (primary N) is 1. The monoisotopic (exact) mass is 606 g/mol. The van der Waals surface area contributed by atoms with Crippen LogP contribution in [0.3, 0.4) is 0 Å². The lowest BCUT2D eigenvalue weighted by molar-refractivity contribution is -0.135. The first-order valence-electron chi connectivity index (χ1n) is 13.4. The zero-order valence-electron chi connectivity index (χ0n) is 23.1. The van der Waals surface area contributed by atoms with Gasteiger partial charge in [-0.15, -0.1) is 10.2 Å². The fourth-order valence-electron chi connectivity index (χ4n) is 5.68. The van der Waals surface area contributed by atoms with E-state index in [4.69, 9.17) is 5.73 Å². The SMILES string of the molecule is CC(CC1CCC(C)N1C(=O)[C@H](C)N)c1cc(S(=O)(=O)NC2(C#N)CC2)cc2c(-c3nnc(C(F)F)s3)nn(C)c12. The molecular formula is C26H32F2N8O3S2. The summed E-state index contributed by atoms with van der Waals surface area (Å²) >= 11 is 0.694. The smallest absolute Gasteiger partial charge is 0.291 e. The number of aromatic nitrogens is 4. The summed E-state index contributed by atoms with van der Waals surface area (Å²) in [7, 11) is -2.43. The number of hydrogen-bond acceptors (Lipinski definition) is 9. The van der Waals surface area contributed by atoms with Crippen LogP contribution >= 0.6 is 11.3 Å². The number of nitrogens with one attached hydrogen (secondary N) is 1. The highest BCUT2D eigenvalue weighted by Crippen LogP contribution is 2.41. The van der Waals surface area contributed by atoms with E-state index in [1.54, 1.807) is 24.7 Å². The minimum absolute atomic E-state index is 0.0343. The largest absolute Gasteiger partial charge is 0.336 e. The van der Waals surface area contributed by atoms with E-state index in [1.165, 1.54) is 6.07 Å². The molecule has 3 heterocycles. The maximum atomic E-state index is 13.5. The molecule has 4 atom stereocenters. The predicted molar refractivity (Wildman–Crippen MR) is 148 cm³/mol. The Balaban J connectivity index is 1.62. The Bertz CT molecular complexity index is 1640. The van der Waals surface area contributed by atoms with Gasteiger partial charge >= 0.3 is 0 Å². The highest BCUT2D eigenvalue weighted by atomic mass is 32.2. The number of carbonyl (C=O) groups is 1. The molecule has 11 nitrogen and oxygen atoms in total. The standard InChI is InChI=1S/C26H32F2N8O3S2/c1-13(9-16-6-5-14(2)36(16)25(37)15(3)30)18-10-17(41(38,39)34-26(12-29)7-8-26)11-19-20(33-35(4)21(18)19)23-31-32-24(40-23)22(27)28/h10-11,13-16,22,34H,5-9,30H2,1-4H3/t13?,14?,15-,16?/m0/s1. The second kappa shape index (κ2) is 10.6. The summed E-state index contributed by atoms with van der Waals surface area (Å²) in [6, 6.07) is 4.36. The zero-order valence-corrected chi connectivity index (χ0v) is 24.8. The first-order chi connectivity index (χ1) is 19.3. The van der Waals surface area contributed by atoms with Crippen molar-refractivity contribution in [3.8, 4) is 16.8 Å². The van der Waals surface area contributed by atoms with Crippen LogP contribution in [0.25, 0.3) is 21.6 Å². The van der Waals surface area contributed by atoms with Crippen molar-refractivity contribution < 1.29 is 22.0 Å². The van der Waals surface area contributed by atoms with Gasteiger partial charge in [-0.25, -0.2) is 17.2 Å². The normalized spacial score (nSPS) is 21.8. The Morgan fingerprint density at radius 2 is 2.00 bits per heavy atom. The quantitative estimate of drug-likeness (QED) is 0.374. The van der Waals surface area contributed by atoms with E-state index < -0.39 is 33.0 Å². The van der Waals surface area contributed by atoms with E-state index in [9.17, 15) is 27.3 Å². The fourth-order valence-corrected chi connectivity index (χ4v) is 7.82. The molecule has 0 bridgehead atoms. The minimum Gasteiger partial charge on any atom is -0.336 e. The number of rotatable bonds is 9. The third kappa shape index (κ3) is 5.45. The van der Waals surface area contributed by atoms with E-state index in [1.807, 2.05) is 24.8 Å². The molecule has 1 saturated heterocycles. The number of carbonyl (C=O) groups excluding carboxylic acids is 1. The van der Waals surface area contributed by atoms with Gasteiger partial charge in [0.05, 0.1) is 22.5 Å². The van der Waals surface area contributed by atoms with Crippen LogP contribution in [0.15, 0.2) is 17.0 Å². The lowest BCUT2D eigenvalue weighted by atomic mass is 9.91. The highest BCUT2D eigenvalue weighted by Gasteiger charge is 2.47. The zero-order chi connectivity index (χ0) is 29.9. The second-order valence-electron chi connectivity index (χ2n) is 11.2. The van der Waals surface area contributed by atoms with E-state index in [0.717, 1.165) is 12.8 Å². The maximum Gasteiger partial charge on any atom is 0.291 e. The average molecular weight is 607 g/mol. The van der Waals surface area contributed by atoms with E-state index >= 15 is 0 Å². The van der Waals surface area contributed by atoms with E-state index in [-0.39, 0.29) is 39.5 Å². The van der Waals surface area contributed by atoms with Crippen LogP contribution in [0.5, 0.6) is 0 Å². The molecule has 220 valence electrons. The number of fused-ring (bicyclic) bond motifs is 1. The van der Waals surface area contributed by atoms with E-state index in [2.05, 4.69) is 20.0 Å². The number of alkyl halides is 2. The molecule has 0 radical (unpaired) electrons. The van der Waals surface area contributed by atoms with Crippen LogP contribution in [-0.2, 0) is 21.9 Å². The van der Waals surface area contributed by atoms with Crippen molar-refractivity contribution in [2.75, 3.05) is 0 Å². The molecule has 2 aliphatic rings. The molecule has 3 N–H and O–H groups in total. The number of aryl methyl sites for hydroxylation is 1. The van der Waals surface area contributed by atoms with Crippen LogP contribution in [0.1, 0.15) is 75.8 Å². The summed E-state index contributed by atoms with van der Waals surface area (Å²) in [5.74, 6) is -0.357. The molecule has 5 rings (SSSR count). The van der Waals surface area contributed by atoms with Crippen LogP contribution in [0.2, 0.25) is 0 Å². The number of nitrogens with zero attached hydrogens (tertiary/aromatic N) is 6. The Kier molecular flexibility index (Phi) is 7.64. The molecule has 3 aromatic rings. The molecule has 2 fully saturated rings. The topological polar surface area (TPSA) is 160 Å². The molecule has 1 aromatic carbocycles. The van der Waals surface area contributed by atoms with Gasteiger partial charge in [-0.05, 0) is 69.6 Å². The third-order valence-corrected chi connectivity index (χ3v) is 10.4. The first-order valence-corrected chi connectivity index (χ1v) is 15.7. The Morgan fingerprint density at radius 1 is 1.29 bits per heavy atom. The summed E-state index contributed by atoms with van der Waals surface area (Å²) in [6.07, 6.45) is 0.192. The molecule has 1 aliphatic carbocycles. The van der Waals surface area contributed by atoms with Gasteiger partial charge in [0.15, 0.2) is 10.0 Å². The summed E-state index contributed by atoms with van der Waals surface area (Å²) in [5, 5.41) is 21.6. The van der Waals surface area contributed by atoms with Crippen molar-refractivity contribution in [3.05, 3.63) is 22.7 Å². The van der Waals surface area contributed by atoms with Gasteiger partial charge in [0, 0.05) is 24.5 Å². The molecule has 0 spiro atoms. The van der Waals surface area contributed by atoms with E-state index in [0.29, 0.717) is 47.1 Å². The third-order valence-electron chi connectivity index (χ3n) is 7.96. The fraction of sp³-hybridized carbons (Fsp3) is 0.577. The maximum absolute atomic E-state index is 13.5. The molecule has 3 unspecified atom stereocenters. The number of likely N-dealkylation sites (tertiary alicyclic amines) is 1.